The lowest BCUT2D eigenvalue weighted by molar-refractivity contribution is -0.143. The summed E-state index contributed by atoms with van der Waals surface area (Å²) in [5, 5.41) is 0. The number of nitrogens with zero attached hydrogens (tertiary/aromatic N) is 1. The first-order valence-electron chi connectivity index (χ1n) is 9.73. The van der Waals surface area contributed by atoms with E-state index in [1.807, 2.05) is 6.07 Å². The number of esters is 1. The highest BCUT2D eigenvalue weighted by molar-refractivity contribution is 5.96. The van der Waals surface area contributed by atoms with Gasteiger partial charge in [-0.05, 0) is 24.1 Å². The minimum absolute atomic E-state index is 0.0283. The SMILES string of the molecule is C=CCN1C(=O)CC(c2ccccc2C(F)(F)F)C(C(=O)OCc2ccccc2)=C1C. The van der Waals surface area contributed by atoms with Gasteiger partial charge in [-0.25, -0.2) is 4.79 Å². The Labute approximate surface area is 178 Å². The van der Waals surface area contributed by atoms with Crippen molar-refractivity contribution in [1.29, 1.82) is 0 Å². The Kier molecular flexibility index (Phi) is 6.63. The number of halogens is 3. The van der Waals surface area contributed by atoms with Crippen LogP contribution in [0.5, 0.6) is 0 Å². The number of alkyl halides is 3. The highest BCUT2D eigenvalue weighted by Crippen LogP contribution is 2.42. The third-order valence-electron chi connectivity index (χ3n) is 5.21. The first-order valence-corrected chi connectivity index (χ1v) is 9.73. The Morgan fingerprint density at radius 2 is 1.81 bits per heavy atom. The first kappa shape index (κ1) is 22.3. The van der Waals surface area contributed by atoms with Crippen molar-refractivity contribution in [3.63, 3.8) is 0 Å². The monoisotopic (exact) mass is 429 g/mol. The summed E-state index contributed by atoms with van der Waals surface area (Å²) in [5.74, 6) is -2.18. The summed E-state index contributed by atoms with van der Waals surface area (Å²) in [5.41, 5.74) is 0.0835. The van der Waals surface area contributed by atoms with Crippen molar-refractivity contribution in [2.45, 2.75) is 32.0 Å². The molecule has 1 aliphatic rings. The van der Waals surface area contributed by atoms with Crippen molar-refractivity contribution < 1.29 is 27.5 Å². The zero-order valence-electron chi connectivity index (χ0n) is 17.0. The Bertz CT molecular complexity index is 1010. The van der Waals surface area contributed by atoms with Crippen LogP contribution in [-0.2, 0) is 27.1 Å². The van der Waals surface area contributed by atoms with Gasteiger partial charge < -0.3 is 9.64 Å². The number of allylic oxidation sites excluding steroid dienone is 1. The maximum absolute atomic E-state index is 13.7. The van der Waals surface area contributed by atoms with Gasteiger partial charge >= 0.3 is 12.1 Å². The van der Waals surface area contributed by atoms with Gasteiger partial charge in [0, 0.05) is 24.6 Å². The molecule has 0 fully saturated rings. The van der Waals surface area contributed by atoms with Gasteiger partial charge in [-0.1, -0.05) is 54.6 Å². The smallest absolute Gasteiger partial charge is 0.416 e. The number of carbonyl (C=O) groups is 2. The largest absolute Gasteiger partial charge is 0.457 e. The van der Waals surface area contributed by atoms with E-state index in [-0.39, 0.29) is 42.3 Å². The molecular formula is C24H22F3NO3. The van der Waals surface area contributed by atoms with Crippen LogP contribution in [0.1, 0.15) is 36.0 Å². The molecule has 1 aliphatic heterocycles. The molecule has 2 aromatic carbocycles. The molecule has 0 radical (unpaired) electrons. The maximum Gasteiger partial charge on any atom is 0.416 e. The Hall–Kier alpha value is -3.35. The molecule has 3 rings (SSSR count). The first-order chi connectivity index (χ1) is 14.7. The fraction of sp³-hybridized carbons (Fsp3) is 0.250. The second kappa shape index (κ2) is 9.20. The number of hydrogen-bond donors (Lipinski definition) is 0. The van der Waals surface area contributed by atoms with Crippen molar-refractivity contribution in [3.05, 3.63) is 95.2 Å². The molecule has 0 N–H and O–H groups in total. The second-order valence-corrected chi connectivity index (χ2v) is 7.20. The zero-order valence-corrected chi connectivity index (χ0v) is 17.0. The minimum atomic E-state index is -4.62. The molecule has 0 aliphatic carbocycles. The van der Waals surface area contributed by atoms with E-state index in [1.54, 1.807) is 31.2 Å². The molecule has 4 nitrogen and oxygen atoms in total. The number of carbonyl (C=O) groups excluding carboxylic acids is 2. The fourth-order valence-electron chi connectivity index (χ4n) is 3.75. The maximum atomic E-state index is 13.7. The molecule has 2 aromatic rings. The fourth-order valence-corrected chi connectivity index (χ4v) is 3.75. The lowest BCUT2D eigenvalue weighted by Gasteiger charge is -2.34. The Morgan fingerprint density at radius 3 is 2.45 bits per heavy atom. The van der Waals surface area contributed by atoms with Crippen molar-refractivity contribution in [1.82, 2.24) is 4.90 Å². The summed E-state index contributed by atoms with van der Waals surface area (Å²) in [4.78, 5) is 27.1. The molecule has 0 bridgehead atoms. The molecule has 1 unspecified atom stereocenters. The third-order valence-corrected chi connectivity index (χ3v) is 5.21. The van der Waals surface area contributed by atoms with Crippen molar-refractivity contribution in [3.8, 4) is 0 Å². The predicted molar refractivity (Wildman–Crippen MR) is 110 cm³/mol. The molecule has 0 spiro atoms. The molecule has 0 aromatic heterocycles. The van der Waals surface area contributed by atoms with Crippen molar-refractivity contribution >= 4 is 11.9 Å². The van der Waals surface area contributed by atoms with E-state index in [0.717, 1.165) is 11.6 Å². The average Bonchev–Trinajstić information content (AvgIpc) is 2.74. The van der Waals surface area contributed by atoms with Crippen LogP contribution >= 0.6 is 0 Å². The summed E-state index contributed by atoms with van der Waals surface area (Å²) in [6.45, 7) is 5.27. The average molecular weight is 429 g/mol. The molecule has 1 amide bonds. The van der Waals surface area contributed by atoms with Crippen LogP contribution < -0.4 is 0 Å². The molecule has 7 heteroatoms. The molecule has 0 saturated carbocycles. The van der Waals surface area contributed by atoms with Crippen LogP contribution in [0.3, 0.4) is 0 Å². The molecule has 0 saturated heterocycles. The predicted octanol–water partition coefficient (Wildman–Crippen LogP) is 5.22. The van der Waals surface area contributed by atoms with Gasteiger partial charge in [-0.15, -0.1) is 6.58 Å². The normalized spacial score (nSPS) is 17.0. The van der Waals surface area contributed by atoms with Crippen LogP contribution in [0.2, 0.25) is 0 Å². The lowest BCUT2D eigenvalue weighted by Crippen LogP contribution is -2.39. The van der Waals surface area contributed by atoms with Crippen LogP contribution in [0, 0.1) is 0 Å². The zero-order chi connectivity index (χ0) is 22.6. The number of rotatable bonds is 6. The highest BCUT2D eigenvalue weighted by Gasteiger charge is 2.41. The second-order valence-electron chi connectivity index (χ2n) is 7.20. The van der Waals surface area contributed by atoms with Crippen LogP contribution in [0.25, 0.3) is 0 Å². The van der Waals surface area contributed by atoms with Gasteiger partial charge in [0.25, 0.3) is 0 Å². The van der Waals surface area contributed by atoms with E-state index >= 15 is 0 Å². The van der Waals surface area contributed by atoms with Gasteiger partial charge in [0.1, 0.15) is 6.61 Å². The molecule has 1 atom stereocenters. The number of amides is 1. The van der Waals surface area contributed by atoms with Gasteiger partial charge in [0.05, 0.1) is 11.1 Å². The minimum Gasteiger partial charge on any atom is -0.457 e. The van der Waals surface area contributed by atoms with E-state index in [1.165, 1.54) is 29.2 Å². The summed E-state index contributed by atoms with van der Waals surface area (Å²) in [7, 11) is 0. The third kappa shape index (κ3) is 4.87. The molecule has 1 heterocycles. The van der Waals surface area contributed by atoms with E-state index in [4.69, 9.17) is 4.74 Å². The Balaban J connectivity index is 2.04. The summed E-state index contributed by atoms with van der Waals surface area (Å²) >= 11 is 0. The van der Waals surface area contributed by atoms with Gasteiger partial charge in [0.15, 0.2) is 0 Å². The topological polar surface area (TPSA) is 46.6 Å². The van der Waals surface area contributed by atoms with Gasteiger partial charge in [-0.3, -0.25) is 4.79 Å². The molecule has 31 heavy (non-hydrogen) atoms. The number of hydrogen-bond acceptors (Lipinski definition) is 3. The van der Waals surface area contributed by atoms with E-state index in [0.29, 0.717) is 0 Å². The van der Waals surface area contributed by atoms with E-state index in [2.05, 4.69) is 6.58 Å². The quantitative estimate of drug-likeness (QED) is 0.467. The van der Waals surface area contributed by atoms with E-state index in [9.17, 15) is 22.8 Å². The Morgan fingerprint density at radius 1 is 1.16 bits per heavy atom. The van der Waals surface area contributed by atoms with Crippen LogP contribution in [-0.4, -0.2) is 23.3 Å². The lowest BCUT2D eigenvalue weighted by atomic mass is 9.81. The van der Waals surface area contributed by atoms with Gasteiger partial charge in [0.2, 0.25) is 5.91 Å². The summed E-state index contributed by atoms with van der Waals surface area (Å²) in [6.07, 6.45) is -3.39. The summed E-state index contributed by atoms with van der Waals surface area (Å²) in [6, 6.07) is 14.0. The van der Waals surface area contributed by atoms with Crippen molar-refractivity contribution in [2.75, 3.05) is 6.54 Å². The number of benzene rings is 2. The van der Waals surface area contributed by atoms with Crippen LogP contribution in [0.4, 0.5) is 13.2 Å². The van der Waals surface area contributed by atoms with E-state index < -0.39 is 23.6 Å². The number of ether oxygens (including phenoxy) is 1. The molecule has 162 valence electrons. The van der Waals surface area contributed by atoms with Crippen molar-refractivity contribution in [2.24, 2.45) is 0 Å². The summed E-state index contributed by atoms with van der Waals surface area (Å²) < 4.78 is 46.4. The van der Waals surface area contributed by atoms with Gasteiger partial charge in [-0.2, -0.15) is 13.2 Å². The van der Waals surface area contributed by atoms with Crippen LogP contribution in [0.15, 0.2) is 78.5 Å². The standard InChI is InChI=1S/C24H22F3NO3/c1-3-13-28-16(2)22(23(30)31-15-17-9-5-4-6-10-17)19(14-21(28)29)18-11-7-8-12-20(18)24(25,26)27/h3-12,19H,1,13-15H2,2H3. The molecular weight excluding hydrogens is 407 g/mol. The highest BCUT2D eigenvalue weighted by atomic mass is 19.4.